The molecule has 144 valence electrons. The van der Waals surface area contributed by atoms with E-state index in [2.05, 4.69) is 27.1 Å². The number of fused-ring (bicyclic) bond motifs is 1. The Morgan fingerprint density at radius 1 is 1.00 bits per heavy atom. The highest BCUT2D eigenvalue weighted by atomic mass is 31.2. The average Bonchev–Trinajstić information content (AvgIpc) is 2.98. The van der Waals surface area contributed by atoms with Gasteiger partial charge in [-0.15, -0.1) is 0 Å². The van der Waals surface area contributed by atoms with Gasteiger partial charge < -0.3 is 13.6 Å². The predicted molar refractivity (Wildman–Crippen MR) is 105 cm³/mol. The fourth-order valence-corrected chi connectivity index (χ4v) is 4.95. The summed E-state index contributed by atoms with van der Waals surface area (Å²) in [5.41, 5.74) is 3.03. The molecule has 0 aliphatic rings. The highest BCUT2D eigenvalue weighted by molar-refractivity contribution is 7.53. The summed E-state index contributed by atoms with van der Waals surface area (Å²) in [5, 5.41) is 0. The Balaban J connectivity index is 1.92. The van der Waals surface area contributed by atoms with Crippen LogP contribution in [-0.2, 0) is 26.3 Å². The quantitative estimate of drug-likeness (QED) is 0.532. The fraction of sp³-hybridized carbons (Fsp3) is 0.421. The molecule has 0 unspecified atom stereocenters. The number of rotatable bonds is 8. The van der Waals surface area contributed by atoms with Gasteiger partial charge in [0.1, 0.15) is 11.8 Å². The van der Waals surface area contributed by atoms with Gasteiger partial charge in [-0.1, -0.05) is 30.3 Å². The van der Waals surface area contributed by atoms with Crippen LogP contribution in [0.5, 0.6) is 0 Å². The molecule has 7 nitrogen and oxygen atoms in total. The van der Waals surface area contributed by atoms with Crippen molar-refractivity contribution in [3.8, 4) is 0 Å². The van der Waals surface area contributed by atoms with Gasteiger partial charge in [0.15, 0.2) is 5.65 Å². The van der Waals surface area contributed by atoms with Crippen LogP contribution < -0.4 is 0 Å². The molecule has 0 saturated carbocycles. The molecule has 3 rings (SSSR count). The summed E-state index contributed by atoms with van der Waals surface area (Å²) in [7, 11) is -3.35. The third-order valence-electron chi connectivity index (χ3n) is 3.76. The second kappa shape index (κ2) is 8.30. The van der Waals surface area contributed by atoms with Crippen LogP contribution in [-0.4, -0.2) is 31.7 Å². The largest absolute Gasteiger partial charge is 0.337 e. The van der Waals surface area contributed by atoms with Gasteiger partial charge in [-0.05, 0) is 33.3 Å². The normalized spacial score (nSPS) is 12.4. The Bertz CT molecular complexity index is 927. The zero-order valence-corrected chi connectivity index (χ0v) is 17.0. The predicted octanol–water partition coefficient (Wildman–Crippen LogP) is 4.42. The van der Waals surface area contributed by atoms with Crippen LogP contribution >= 0.6 is 7.60 Å². The summed E-state index contributed by atoms with van der Waals surface area (Å²) in [5.74, 6) is 0. The molecule has 27 heavy (non-hydrogen) atoms. The third-order valence-corrected chi connectivity index (χ3v) is 5.93. The van der Waals surface area contributed by atoms with Crippen molar-refractivity contribution in [1.29, 1.82) is 0 Å². The van der Waals surface area contributed by atoms with Crippen molar-refractivity contribution in [3.63, 3.8) is 0 Å². The van der Waals surface area contributed by atoms with Crippen LogP contribution in [0.15, 0.2) is 43.0 Å². The van der Waals surface area contributed by atoms with Gasteiger partial charge in [0.05, 0.1) is 36.9 Å². The second-order valence-electron chi connectivity index (χ2n) is 6.93. The van der Waals surface area contributed by atoms with Crippen molar-refractivity contribution in [2.45, 2.75) is 52.6 Å². The molecule has 2 aromatic heterocycles. The van der Waals surface area contributed by atoms with Gasteiger partial charge in [-0.25, -0.2) is 15.0 Å². The standard InChI is InChI=1S/C19H25N4O3P/c1-14(2)25-27(24,26-15(3)4)11-17-18-19(21-12-20-17)23(13-22-18)10-16-8-6-5-7-9-16/h5-9,12-15H,10-11H2,1-4H3. The van der Waals surface area contributed by atoms with Crippen molar-refractivity contribution < 1.29 is 13.6 Å². The van der Waals surface area contributed by atoms with Crippen LogP contribution in [0.25, 0.3) is 11.2 Å². The lowest BCUT2D eigenvalue weighted by molar-refractivity contribution is 0.141. The molecule has 0 saturated heterocycles. The topological polar surface area (TPSA) is 79.1 Å². The number of nitrogens with zero attached hydrogens (tertiary/aromatic N) is 4. The highest BCUT2D eigenvalue weighted by Crippen LogP contribution is 2.53. The second-order valence-corrected chi connectivity index (χ2v) is 8.89. The molecule has 0 spiro atoms. The van der Waals surface area contributed by atoms with Gasteiger partial charge >= 0.3 is 7.60 Å². The van der Waals surface area contributed by atoms with E-state index in [1.165, 1.54) is 6.33 Å². The number of aromatic nitrogens is 4. The molecule has 0 atom stereocenters. The Kier molecular flexibility index (Phi) is 6.05. The highest BCUT2D eigenvalue weighted by Gasteiger charge is 2.30. The summed E-state index contributed by atoms with van der Waals surface area (Å²) in [6.45, 7) is 7.98. The van der Waals surface area contributed by atoms with E-state index in [1.54, 1.807) is 6.33 Å². The minimum atomic E-state index is -3.35. The van der Waals surface area contributed by atoms with Crippen molar-refractivity contribution in [3.05, 3.63) is 54.2 Å². The molecule has 8 heteroatoms. The molecule has 0 radical (unpaired) electrons. The van der Waals surface area contributed by atoms with E-state index >= 15 is 0 Å². The molecule has 3 aromatic rings. The summed E-state index contributed by atoms with van der Waals surface area (Å²) in [6, 6.07) is 10.1. The van der Waals surface area contributed by atoms with Crippen LogP contribution in [0, 0.1) is 0 Å². The first-order valence-corrected chi connectivity index (χ1v) is 10.7. The molecular weight excluding hydrogens is 363 g/mol. The zero-order valence-electron chi connectivity index (χ0n) is 16.1. The first-order chi connectivity index (χ1) is 12.9. The van der Waals surface area contributed by atoms with Gasteiger partial charge in [0.2, 0.25) is 0 Å². The molecule has 2 heterocycles. The fourth-order valence-electron chi connectivity index (χ4n) is 2.87. The van der Waals surface area contributed by atoms with Gasteiger partial charge in [-0.2, -0.15) is 0 Å². The monoisotopic (exact) mass is 388 g/mol. The molecule has 0 amide bonds. The van der Waals surface area contributed by atoms with E-state index in [0.29, 0.717) is 23.4 Å². The SMILES string of the molecule is CC(C)OP(=O)(Cc1ncnc2c1ncn2Cc1ccccc1)OC(C)C. The van der Waals surface area contributed by atoms with Crippen LogP contribution in [0.3, 0.4) is 0 Å². The van der Waals surface area contributed by atoms with E-state index < -0.39 is 7.60 Å². The first-order valence-electron chi connectivity index (χ1n) is 9.01. The Hall–Kier alpha value is -2.08. The Labute approximate surface area is 159 Å². The Morgan fingerprint density at radius 3 is 2.30 bits per heavy atom. The van der Waals surface area contributed by atoms with Crippen molar-refractivity contribution in [1.82, 2.24) is 19.5 Å². The van der Waals surface area contributed by atoms with E-state index in [4.69, 9.17) is 9.05 Å². The lowest BCUT2D eigenvalue weighted by atomic mass is 10.2. The zero-order chi connectivity index (χ0) is 19.4. The molecule has 0 fully saturated rings. The van der Waals surface area contributed by atoms with Crippen molar-refractivity contribution in [2.75, 3.05) is 0 Å². The molecule has 0 aliphatic carbocycles. The van der Waals surface area contributed by atoms with Crippen molar-refractivity contribution >= 4 is 18.8 Å². The minimum Gasteiger partial charge on any atom is -0.311 e. The number of hydrogen-bond acceptors (Lipinski definition) is 6. The van der Waals surface area contributed by atoms with Crippen LogP contribution in [0.2, 0.25) is 0 Å². The third kappa shape index (κ3) is 5.01. The molecule has 0 aliphatic heterocycles. The number of imidazole rings is 1. The van der Waals surface area contributed by atoms with Crippen LogP contribution in [0.1, 0.15) is 39.0 Å². The maximum Gasteiger partial charge on any atom is 0.337 e. The lowest BCUT2D eigenvalue weighted by Crippen LogP contribution is -2.10. The summed E-state index contributed by atoms with van der Waals surface area (Å²) >= 11 is 0. The summed E-state index contributed by atoms with van der Waals surface area (Å²) in [6.07, 6.45) is 2.82. The van der Waals surface area contributed by atoms with E-state index in [-0.39, 0.29) is 18.4 Å². The van der Waals surface area contributed by atoms with Crippen molar-refractivity contribution in [2.24, 2.45) is 0 Å². The van der Waals surface area contributed by atoms with Crippen LogP contribution in [0.4, 0.5) is 0 Å². The number of hydrogen-bond donors (Lipinski definition) is 0. The summed E-state index contributed by atoms with van der Waals surface area (Å²) in [4.78, 5) is 13.1. The number of benzene rings is 1. The molecule has 1 aromatic carbocycles. The molecule has 0 N–H and O–H groups in total. The average molecular weight is 388 g/mol. The molecule has 0 bridgehead atoms. The van der Waals surface area contributed by atoms with Gasteiger partial charge in [0, 0.05) is 0 Å². The van der Waals surface area contributed by atoms with Gasteiger partial charge in [0.25, 0.3) is 0 Å². The Morgan fingerprint density at radius 2 is 1.67 bits per heavy atom. The lowest BCUT2D eigenvalue weighted by Gasteiger charge is -2.22. The van der Waals surface area contributed by atoms with E-state index in [0.717, 1.165) is 5.56 Å². The maximum atomic E-state index is 13.2. The molecular formula is C19H25N4O3P. The smallest absolute Gasteiger partial charge is 0.311 e. The van der Waals surface area contributed by atoms with Gasteiger partial charge in [-0.3, -0.25) is 4.57 Å². The van der Waals surface area contributed by atoms with E-state index in [9.17, 15) is 4.57 Å². The van der Waals surface area contributed by atoms with E-state index in [1.807, 2.05) is 50.5 Å². The summed E-state index contributed by atoms with van der Waals surface area (Å²) < 4.78 is 26.4. The first kappa shape index (κ1) is 19.7. The minimum absolute atomic E-state index is 0.0602. The maximum absolute atomic E-state index is 13.2.